The molecule has 3 heterocycles. The average Bonchev–Trinajstić information content (AvgIpc) is 2.98. The van der Waals surface area contributed by atoms with Gasteiger partial charge in [0.15, 0.2) is 12.6 Å². The third-order valence-corrected chi connectivity index (χ3v) is 9.77. The van der Waals surface area contributed by atoms with Crippen molar-refractivity contribution in [3.05, 3.63) is 0 Å². The Hall–Kier alpha value is -0.640. The standard InChI is InChI=1S/C27H46O16/c28-7-17-19(33)21(35)23(37)26(42-17)40-15-5-10(30)4-14-11(15)6-16(25(39-14)9-1-2-12(31)13(32)3-9)41-27-24(38)22(36)20(34)18(8-29)43-27/h9-38H,1-8H2/t9?,10?,11?,12?,13?,14?,15?,16?,17-,18-,19-,20-,21+,22+,23-,24-,25?,26+,27+/m0/s1. The fourth-order valence-electron chi connectivity index (χ4n) is 7.24. The van der Waals surface area contributed by atoms with Gasteiger partial charge in [0.1, 0.15) is 48.8 Å². The second-order valence-corrected chi connectivity index (χ2v) is 12.6. The van der Waals surface area contributed by atoms with E-state index in [9.17, 15) is 56.2 Å². The molecule has 0 aromatic carbocycles. The second kappa shape index (κ2) is 14.0. The first-order valence-corrected chi connectivity index (χ1v) is 15.0. The summed E-state index contributed by atoms with van der Waals surface area (Å²) < 4.78 is 29.9. The van der Waals surface area contributed by atoms with E-state index in [1.54, 1.807) is 0 Å². The van der Waals surface area contributed by atoms with Crippen molar-refractivity contribution in [1.82, 2.24) is 0 Å². The molecule has 0 spiro atoms. The van der Waals surface area contributed by atoms with Crippen LogP contribution in [-0.2, 0) is 23.7 Å². The molecule has 0 aromatic rings. The molecule has 16 nitrogen and oxygen atoms in total. The minimum Gasteiger partial charge on any atom is -0.394 e. The lowest BCUT2D eigenvalue weighted by atomic mass is 9.72. The molecule has 16 heteroatoms. The third kappa shape index (κ3) is 6.90. The summed E-state index contributed by atoms with van der Waals surface area (Å²) in [6.45, 7) is -1.30. The Morgan fingerprint density at radius 2 is 1.09 bits per heavy atom. The number of aliphatic hydroxyl groups excluding tert-OH is 11. The molecule has 0 amide bonds. The van der Waals surface area contributed by atoms with Gasteiger partial charge in [0.25, 0.3) is 0 Å². The first-order chi connectivity index (χ1) is 20.4. The minimum atomic E-state index is -1.68. The monoisotopic (exact) mass is 626 g/mol. The molecule has 3 aliphatic heterocycles. The van der Waals surface area contributed by atoms with Crippen molar-refractivity contribution in [1.29, 1.82) is 0 Å². The van der Waals surface area contributed by atoms with Crippen LogP contribution in [0.5, 0.6) is 0 Å². The first kappa shape index (κ1) is 33.7. The summed E-state index contributed by atoms with van der Waals surface area (Å²) in [5, 5.41) is 113. The van der Waals surface area contributed by atoms with Crippen molar-refractivity contribution in [3.63, 3.8) is 0 Å². The van der Waals surface area contributed by atoms with Gasteiger partial charge in [-0.3, -0.25) is 0 Å². The van der Waals surface area contributed by atoms with Crippen molar-refractivity contribution in [2.45, 2.75) is 143 Å². The summed E-state index contributed by atoms with van der Waals surface area (Å²) in [6, 6.07) is 0. The fourth-order valence-corrected chi connectivity index (χ4v) is 7.24. The van der Waals surface area contributed by atoms with Gasteiger partial charge in [-0.05, 0) is 38.0 Å². The zero-order valence-corrected chi connectivity index (χ0v) is 23.6. The zero-order valence-electron chi connectivity index (χ0n) is 23.6. The Bertz CT molecular complexity index is 895. The molecule has 9 unspecified atom stereocenters. The minimum absolute atomic E-state index is 0.0886. The maximum Gasteiger partial charge on any atom is 0.187 e. The normalized spacial score (nSPS) is 54.6. The molecule has 5 rings (SSSR count). The van der Waals surface area contributed by atoms with Gasteiger partial charge in [-0.25, -0.2) is 0 Å². The van der Waals surface area contributed by atoms with Crippen molar-refractivity contribution < 1.29 is 79.9 Å². The van der Waals surface area contributed by atoms with Crippen LogP contribution < -0.4 is 0 Å². The smallest absolute Gasteiger partial charge is 0.187 e. The first-order valence-electron chi connectivity index (χ1n) is 15.0. The van der Waals surface area contributed by atoms with E-state index in [4.69, 9.17) is 23.7 Å². The van der Waals surface area contributed by atoms with E-state index in [0.29, 0.717) is 12.8 Å². The highest BCUT2D eigenvalue weighted by Gasteiger charge is 2.54. The lowest BCUT2D eigenvalue weighted by Gasteiger charge is -2.52. The van der Waals surface area contributed by atoms with Crippen LogP contribution in [0.25, 0.3) is 0 Å². The van der Waals surface area contributed by atoms with Gasteiger partial charge in [0.2, 0.25) is 0 Å². The lowest BCUT2D eigenvalue weighted by molar-refractivity contribution is -0.344. The van der Waals surface area contributed by atoms with E-state index in [0.717, 1.165) is 0 Å². The van der Waals surface area contributed by atoms with E-state index in [-0.39, 0.29) is 31.6 Å². The summed E-state index contributed by atoms with van der Waals surface area (Å²) in [6.07, 6.45) is -19.5. The Balaban J connectivity index is 1.38. The molecule has 0 aromatic heterocycles. The van der Waals surface area contributed by atoms with E-state index in [2.05, 4.69) is 0 Å². The number of hydrogen-bond acceptors (Lipinski definition) is 16. The molecule has 5 fully saturated rings. The number of rotatable bonds is 7. The third-order valence-electron chi connectivity index (χ3n) is 9.77. The second-order valence-electron chi connectivity index (χ2n) is 12.6. The molecule has 2 saturated carbocycles. The molecule has 3 saturated heterocycles. The van der Waals surface area contributed by atoms with Gasteiger partial charge in [-0.2, -0.15) is 0 Å². The van der Waals surface area contributed by atoms with Crippen LogP contribution >= 0.6 is 0 Å². The highest BCUT2D eigenvalue weighted by molar-refractivity contribution is 5.00. The van der Waals surface area contributed by atoms with Gasteiger partial charge in [-0.15, -0.1) is 0 Å². The van der Waals surface area contributed by atoms with E-state index in [1.165, 1.54) is 0 Å². The fraction of sp³-hybridized carbons (Fsp3) is 1.00. The predicted octanol–water partition coefficient (Wildman–Crippen LogP) is -5.19. The Labute approximate surface area is 248 Å². The molecule has 43 heavy (non-hydrogen) atoms. The van der Waals surface area contributed by atoms with E-state index in [1.807, 2.05) is 0 Å². The summed E-state index contributed by atoms with van der Waals surface area (Å²) in [7, 11) is 0. The summed E-state index contributed by atoms with van der Waals surface area (Å²) in [5.74, 6) is -0.806. The largest absolute Gasteiger partial charge is 0.394 e. The van der Waals surface area contributed by atoms with Crippen molar-refractivity contribution >= 4 is 0 Å². The summed E-state index contributed by atoms with van der Waals surface area (Å²) in [4.78, 5) is 0. The quantitative estimate of drug-likeness (QED) is 0.126. The van der Waals surface area contributed by atoms with Gasteiger partial charge < -0.3 is 79.9 Å². The van der Waals surface area contributed by atoms with Crippen molar-refractivity contribution in [2.75, 3.05) is 13.2 Å². The molecule has 2 aliphatic carbocycles. The van der Waals surface area contributed by atoms with Crippen LogP contribution in [0, 0.1) is 11.8 Å². The molecule has 19 atom stereocenters. The number of hydrogen-bond donors (Lipinski definition) is 11. The van der Waals surface area contributed by atoms with Crippen molar-refractivity contribution in [3.8, 4) is 0 Å². The Morgan fingerprint density at radius 1 is 0.535 bits per heavy atom. The van der Waals surface area contributed by atoms with Gasteiger partial charge >= 0.3 is 0 Å². The van der Waals surface area contributed by atoms with Crippen molar-refractivity contribution in [2.24, 2.45) is 11.8 Å². The maximum atomic E-state index is 10.7. The van der Waals surface area contributed by atoms with Gasteiger partial charge in [0, 0.05) is 12.3 Å². The Kier molecular flexibility index (Phi) is 11.0. The number of fused-ring (bicyclic) bond motifs is 1. The SMILES string of the molecule is OC[C@@H]1O[C@@H](OC2CC(O)CC3OC(C4CCC(O)C(O)C4)C(O[C@@H]4O[C@@H](CO)[C@H](O)[C@@H](O)[C@@H]4O)CC32)[C@@H](O)[C@H](O)[C@H]1O. The lowest BCUT2D eigenvalue weighted by Crippen LogP contribution is -2.63. The van der Waals surface area contributed by atoms with Crippen LogP contribution in [0.15, 0.2) is 0 Å². The van der Waals surface area contributed by atoms with Gasteiger partial charge in [0.05, 0.1) is 55.9 Å². The van der Waals surface area contributed by atoms with Gasteiger partial charge in [-0.1, -0.05) is 0 Å². The molecule has 250 valence electrons. The number of ether oxygens (including phenoxy) is 5. The molecule has 5 aliphatic rings. The molecular weight excluding hydrogens is 580 g/mol. The molecule has 11 N–H and O–H groups in total. The topological polar surface area (TPSA) is 269 Å². The zero-order chi connectivity index (χ0) is 31.2. The van der Waals surface area contributed by atoms with Crippen LogP contribution in [0.3, 0.4) is 0 Å². The molecular formula is C27H46O16. The summed E-state index contributed by atoms with van der Waals surface area (Å²) in [5.41, 5.74) is 0. The van der Waals surface area contributed by atoms with Crippen LogP contribution in [0.2, 0.25) is 0 Å². The molecule has 0 bridgehead atoms. The highest BCUT2D eigenvalue weighted by atomic mass is 16.7. The number of aliphatic hydroxyl groups is 11. The van der Waals surface area contributed by atoms with Crippen LogP contribution in [0.1, 0.15) is 38.5 Å². The van der Waals surface area contributed by atoms with Crippen LogP contribution in [0.4, 0.5) is 0 Å². The van der Waals surface area contributed by atoms with Crippen LogP contribution in [-0.4, -0.2) is 174 Å². The maximum absolute atomic E-state index is 10.7. The Morgan fingerprint density at radius 3 is 1.63 bits per heavy atom. The van der Waals surface area contributed by atoms with E-state index < -0.39 is 123 Å². The molecule has 0 radical (unpaired) electrons. The average molecular weight is 627 g/mol. The van der Waals surface area contributed by atoms with E-state index >= 15 is 0 Å². The highest BCUT2D eigenvalue weighted by Crippen LogP contribution is 2.45. The summed E-state index contributed by atoms with van der Waals surface area (Å²) >= 11 is 0. The predicted molar refractivity (Wildman–Crippen MR) is 139 cm³/mol.